The Morgan fingerprint density at radius 3 is 2.44 bits per heavy atom. The SMILES string of the molecule is CNCCCNC(=O)CC1CCCCCC1. The predicted octanol–water partition coefficient (Wildman–Crippen LogP) is 2.07. The topological polar surface area (TPSA) is 41.1 Å². The quantitative estimate of drug-likeness (QED) is 0.538. The Morgan fingerprint density at radius 2 is 1.81 bits per heavy atom. The highest BCUT2D eigenvalue weighted by molar-refractivity contribution is 5.76. The van der Waals surface area contributed by atoms with E-state index in [1.807, 2.05) is 7.05 Å². The summed E-state index contributed by atoms with van der Waals surface area (Å²) in [6, 6.07) is 0. The molecule has 0 heterocycles. The zero-order valence-corrected chi connectivity index (χ0v) is 10.6. The van der Waals surface area contributed by atoms with Crippen LogP contribution in [0.3, 0.4) is 0 Å². The fourth-order valence-corrected chi connectivity index (χ4v) is 2.40. The lowest BCUT2D eigenvalue weighted by atomic mass is 9.96. The second kappa shape index (κ2) is 8.57. The molecule has 0 aromatic rings. The second-order valence-electron chi connectivity index (χ2n) is 4.87. The minimum absolute atomic E-state index is 0.253. The van der Waals surface area contributed by atoms with Crippen LogP contribution in [0.2, 0.25) is 0 Å². The lowest BCUT2D eigenvalue weighted by Gasteiger charge is -2.13. The zero-order valence-electron chi connectivity index (χ0n) is 10.6. The van der Waals surface area contributed by atoms with Crippen LogP contribution in [-0.2, 0) is 4.79 Å². The van der Waals surface area contributed by atoms with Crippen molar-refractivity contribution in [3.05, 3.63) is 0 Å². The Balaban J connectivity index is 2.07. The normalized spacial score (nSPS) is 18.1. The van der Waals surface area contributed by atoms with Gasteiger partial charge in [-0.1, -0.05) is 25.7 Å². The molecule has 3 nitrogen and oxygen atoms in total. The second-order valence-corrected chi connectivity index (χ2v) is 4.87. The van der Waals surface area contributed by atoms with Gasteiger partial charge in [0.25, 0.3) is 0 Å². The maximum Gasteiger partial charge on any atom is 0.220 e. The summed E-state index contributed by atoms with van der Waals surface area (Å²) in [4.78, 5) is 11.7. The third-order valence-electron chi connectivity index (χ3n) is 3.37. The average molecular weight is 226 g/mol. The van der Waals surface area contributed by atoms with E-state index in [2.05, 4.69) is 10.6 Å². The Morgan fingerprint density at radius 1 is 1.12 bits per heavy atom. The summed E-state index contributed by atoms with van der Waals surface area (Å²) >= 11 is 0. The van der Waals surface area contributed by atoms with E-state index in [1.165, 1.54) is 38.5 Å². The summed E-state index contributed by atoms with van der Waals surface area (Å²) < 4.78 is 0. The summed E-state index contributed by atoms with van der Waals surface area (Å²) in [6.45, 7) is 1.79. The van der Waals surface area contributed by atoms with E-state index in [1.54, 1.807) is 0 Å². The van der Waals surface area contributed by atoms with Crippen molar-refractivity contribution in [2.24, 2.45) is 5.92 Å². The van der Waals surface area contributed by atoms with Gasteiger partial charge in [0.2, 0.25) is 5.91 Å². The zero-order chi connectivity index (χ0) is 11.6. The Bertz CT molecular complexity index is 186. The van der Waals surface area contributed by atoms with E-state index in [0.29, 0.717) is 5.92 Å². The number of carbonyl (C=O) groups is 1. The van der Waals surface area contributed by atoms with E-state index in [-0.39, 0.29) is 5.91 Å². The molecule has 2 N–H and O–H groups in total. The maximum atomic E-state index is 11.7. The highest BCUT2D eigenvalue weighted by Gasteiger charge is 2.15. The van der Waals surface area contributed by atoms with Crippen LogP contribution in [0.1, 0.15) is 51.4 Å². The van der Waals surface area contributed by atoms with Gasteiger partial charge < -0.3 is 10.6 Å². The molecule has 3 heteroatoms. The molecular formula is C13H26N2O. The van der Waals surface area contributed by atoms with Gasteiger partial charge >= 0.3 is 0 Å². The monoisotopic (exact) mass is 226 g/mol. The number of rotatable bonds is 6. The van der Waals surface area contributed by atoms with Crippen LogP contribution in [0.15, 0.2) is 0 Å². The summed E-state index contributed by atoms with van der Waals surface area (Å²) in [5, 5.41) is 6.09. The van der Waals surface area contributed by atoms with Gasteiger partial charge in [0.15, 0.2) is 0 Å². The molecule has 0 saturated heterocycles. The van der Waals surface area contributed by atoms with E-state index in [4.69, 9.17) is 0 Å². The van der Waals surface area contributed by atoms with Crippen molar-refractivity contribution in [3.8, 4) is 0 Å². The number of nitrogens with one attached hydrogen (secondary N) is 2. The molecule has 1 saturated carbocycles. The standard InChI is InChI=1S/C13H26N2O/c1-14-9-6-10-15-13(16)11-12-7-4-2-3-5-8-12/h12,14H,2-11H2,1H3,(H,15,16). The minimum Gasteiger partial charge on any atom is -0.356 e. The molecule has 0 atom stereocenters. The van der Waals surface area contributed by atoms with Gasteiger partial charge in [0.05, 0.1) is 0 Å². The first-order valence-electron chi connectivity index (χ1n) is 6.74. The molecule has 1 aliphatic carbocycles. The van der Waals surface area contributed by atoms with Gasteiger partial charge in [0.1, 0.15) is 0 Å². The van der Waals surface area contributed by atoms with Gasteiger partial charge in [-0.15, -0.1) is 0 Å². The Hall–Kier alpha value is -0.570. The van der Waals surface area contributed by atoms with Crippen LogP contribution in [0, 0.1) is 5.92 Å². The van der Waals surface area contributed by atoms with Gasteiger partial charge in [0, 0.05) is 13.0 Å². The minimum atomic E-state index is 0.253. The van der Waals surface area contributed by atoms with Crippen molar-refractivity contribution < 1.29 is 4.79 Å². The summed E-state index contributed by atoms with van der Waals surface area (Å²) in [7, 11) is 1.94. The van der Waals surface area contributed by atoms with Crippen molar-refractivity contribution >= 4 is 5.91 Å². The predicted molar refractivity (Wildman–Crippen MR) is 67.4 cm³/mol. The molecule has 16 heavy (non-hydrogen) atoms. The molecule has 94 valence electrons. The van der Waals surface area contributed by atoms with Gasteiger partial charge in [-0.3, -0.25) is 4.79 Å². The molecule has 0 aromatic carbocycles. The molecule has 0 aliphatic heterocycles. The molecule has 0 bridgehead atoms. The molecule has 0 aromatic heterocycles. The molecule has 1 rings (SSSR count). The van der Waals surface area contributed by atoms with Crippen molar-refractivity contribution in [2.45, 2.75) is 51.4 Å². The first-order valence-corrected chi connectivity index (χ1v) is 6.74. The maximum absolute atomic E-state index is 11.7. The lowest BCUT2D eigenvalue weighted by Crippen LogP contribution is -2.28. The number of hydrogen-bond donors (Lipinski definition) is 2. The fraction of sp³-hybridized carbons (Fsp3) is 0.923. The highest BCUT2D eigenvalue weighted by atomic mass is 16.1. The molecular weight excluding hydrogens is 200 g/mol. The molecule has 0 radical (unpaired) electrons. The molecule has 1 aliphatic rings. The van der Waals surface area contributed by atoms with Crippen molar-refractivity contribution in [2.75, 3.05) is 20.1 Å². The van der Waals surface area contributed by atoms with Gasteiger partial charge in [-0.05, 0) is 38.8 Å². The third kappa shape index (κ3) is 6.11. The Labute approximate surface area is 99.4 Å². The van der Waals surface area contributed by atoms with Crippen molar-refractivity contribution in [1.29, 1.82) is 0 Å². The molecule has 1 fully saturated rings. The van der Waals surface area contributed by atoms with Gasteiger partial charge in [-0.25, -0.2) is 0 Å². The van der Waals surface area contributed by atoms with E-state index < -0.39 is 0 Å². The summed E-state index contributed by atoms with van der Waals surface area (Å²) in [5.41, 5.74) is 0. The molecule has 0 unspecified atom stereocenters. The first kappa shape index (κ1) is 13.5. The summed E-state index contributed by atoms with van der Waals surface area (Å²) in [5.74, 6) is 0.898. The number of hydrogen-bond acceptors (Lipinski definition) is 2. The number of amides is 1. The van der Waals surface area contributed by atoms with Crippen LogP contribution in [0.4, 0.5) is 0 Å². The van der Waals surface area contributed by atoms with Crippen LogP contribution < -0.4 is 10.6 Å². The van der Waals surface area contributed by atoms with Crippen molar-refractivity contribution in [3.63, 3.8) is 0 Å². The average Bonchev–Trinajstić information content (AvgIpc) is 2.53. The molecule has 0 spiro atoms. The van der Waals surface area contributed by atoms with Crippen LogP contribution >= 0.6 is 0 Å². The summed E-state index contributed by atoms with van der Waals surface area (Å²) in [6.07, 6.45) is 9.64. The van der Waals surface area contributed by atoms with Crippen LogP contribution in [0.5, 0.6) is 0 Å². The van der Waals surface area contributed by atoms with Gasteiger partial charge in [-0.2, -0.15) is 0 Å². The van der Waals surface area contributed by atoms with Crippen molar-refractivity contribution in [1.82, 2.24) is 10.6 Å². The van der Waals surface area contributed by atoms with E-state index in [9.17, 15) is 4.79 Å². The lowest BCUT2D eigenvalue weighted by molar-refractivity contribution is -0.122. The van der Waals surface area contributed by atoms with E-state index >= 15 is 0 Å². The highest BCUT2D eigenvalue weighted by Crippen LogP contribution is 2.25. The first-order chi connectivity index (χ1) is 7.83. The van der Waals surface area contributed by atoms with Crippen LogP contribution in [0.25, 0.3) is 0 Å². The molecule has 1 amide bonds. The Kier molecular flexibility index (Phi) is 7.23. The fourth-order valence-electron chi connectivity index (χ4n) is 2.40. The number of carbonyl (C=O) groups excluding carboxylic acids is 1. The van der Waals surface area contributed by atoms with E-state index in [0.717, 1.165) is 25.9 Å². The van der Waals surface area contributed by atoms with Crippen LogP contribution in [-0.4, -0.2) is 26.0 Å². The smallest absolute Gasteiger partial charge is 0.220 e. The third-order valence-corrected chi connectivity index (χ3v) is 3.37. The largest absolute Gasteiger partial charge is 0.356 e.